The molecule has 2 aromatic carbocycles. The number of rotatable bonds is 5. The molecule has 6 nitrogen and oxygen atoms in total. The lowest BCUT2D eigenvalue weighted by atomic mass is 9.94. The third kappa shape index (κ3) is 4.92. The second-order valence-corrected chi connectivity index (χ2v) is 9.82. The Labute approximate surface area is 172 Å². The Hall–Kier alpha value is -2.51. The maximum Gasteiger partial charge on any atom is 0.255 e. The largest absolute Gasteiger partial charge is 0.322 e. The standard InChI is InChI=1S/C22H26N2O4S/c1-15-11-16(2)14-24(13-15)29(27,28)21-9-7-18(8-10-21)22(26)23-20-6-4-5-19(12-20)17(3)25/h4-10,12,15-16H,11,13-14H2,1-3H3,(H,23,26)/t15-,16+. The number of ketones is 1. The molecule has 1 fully saturated rings. The summed E-state index contributed by atoms with van der Waals surface area (Å²) in [6.07, 6.45) is 1.02. The summed E-state index contributed by atoms with van der Waals surface area (Å²) in [5.74, 6) is 0.195. The van der Waals surface area contributed by atoms with Crippen molar-refractivity contribution in [2.24, 2.45) is 11.8 Å². The summed E-state index contributed by atoms with van der Waals surface area (Å²) in [4.78, 5) is 24.2. The van der Waals surface area contributed by atoms with E-state index in [4.69, 9.17) is 0 Å². The lowest BCUT2D eigenvalue weighted by Crippen LogP contribution is -2.42. The molecule has 1 N–H and O–H groups in total. The first-order valence-corrected chi connectivity index (χ1v) is 11.1. The molecule has 2 atom stereocenters. The SMILES string of the molecule is CC(=O)c1cccc(NC(=O)c2ccc(S(=O)(=O)N3C[C@H](C)C[C@H](C)C3)cc2)c1. The molecule has 0 bridgehead atoms. The fraction of sp³-hybridized carbons (Fsp3) is 0.364. The predicted octanol–water partition coefficient (Wildman–Crippen LogP) is 3.81. The molecule has 1 heterocycles. The summed E-state index contributed by atoms with van der Waals surface area (Å²) in [5, 5.41) is 2.74. The van der Waals surface area contributed by atoms with Crippen LogP contribution in [0, 0.1) is 11.8 Å². The van der Waals surface area contributed by atoms with E-state index in [0.29, 0.717) is 41.7 Å². The second-order valence-electron chi connectivity index (χ2n) is 7.88. The quantitative estimate of drug-likeness (QED) is 0.754. The minimum atomic E-state index is -3.58. The van der Waals surface area contributed by atoms with Gasteiger partial charge >= 0.3 is 0 Å². The number of Topliss-reactive ketones (excluding diaryl/α,β-unsaturated/α-hetero) is 1. The van der Waals surface area contributed by atoms with Crippen LogP contribution in [0.15, 0.2) is 53.4 Å². The van der Waals surface area contributed by atoms with Gasteiger partial charge in [-0.1, -0.05) is 26.0 Å². The third-order valence-electron chi connectivity index (χ3n) is 5.12. The van der Waals surface area contributed by atoms with Crippen LogP contribution >= 0.6 is 0 Å². The minimum Gasteiger partial charge on any atom is -0.322 e. The van der Waals surface area contributed by atoms with Gasteiger partial charge in [0.1, 0.15) is 0 Å². The van der Waals surface area contributed by atoms with E-state index in [0.717, 1.165) is 6.42 Å². The monoisotopic (exact) mass is 414 g/mol. The zero-order valence-electron chi connectivity index (χ0n) is 16.9. The number of nitrogens with one attached hydrogen (secondary N) is 1. The number of benzene rings is 2. The maximum absolute atomic E-state index is 12.9. The fourth-order valence-corrected chi connectivity index (χ4v) is 5.43. The fourth-order valence-electron chi connectivity index (χ4n) is 3.75. The molecular formula is C22H26N2O4S. The lowest BCUT2D eigenvalue weighted by Gasteiger charge is -2.34. The Balaban J connectivity index is 1.75. The van der Waals surface area contributed by atoms with Gasteiger partial charge in [0.05, 0.1) is 4.90 Å². The Morgan fingerprint density at radius 2 is 1.59 bits per heavy atom. The van der Waals surface area contributed by atoms with Crippen molar-refractivity contribution in [2.45, 2.75) is 32.1 Å². The summed E-state index contributed by atoms with van der Waals surface area (Å²) in [7, 11) is -3.58. The van der Waals surface area contributed by atoms with Crippen molar-refractivity contribution in [2.75, 3.05) is 18.4 Å². The van der Waals surface area contributed by atoms with Gasteiger partial charge in [0.25, 0.3) is 5.91 Å². The Morgan fingerprint density at radius 3 is 2.17 bits per heavy atom. The molecule has 1 amide bonds. The molecular weight excluding hydrogens is 388 g/mol. The molecule has 1 aliphatic rings. The van der Waals surface area contributed by atoms with Crippen LogP contribution in [0.2, 0.25) is 0 Å². The van der Waals surface area contributed by atoms with Crippen LogP contribution in [-0.2, 0) is 10.0 Å². The molecule has 1 saturated heterocycles. The number of sulfonamides is 1. The number of carbonyl (C=O) groups is 2. The highest BCUT2D eigenvalue weighted by Crippen LogP contribution is 2.27. The maximum atomic E-state index is 12.9. The number of hydrogen-bond donors (Lipinski definition) is 1. The lowest BCUT2D eigenvalue weighted by molar-refractivity contribution is 0.101. The molecule has 1 aliphatic heterocycles. The van der Waals surface area contributed by atoms with Crippen LogP contribution in [0.4, 0.5) is 5.69 Å². The van der Waals surface area contributed by atoms with Crippen LogP contribution in [0.1, 0.15) is 47.9 Å². The zero-order valence-corrected chi connectivity index (χ0v) is 17.7. The summed E-state index contributed by atoms with van der Waals surface area (Å²) in [5.41, 5.74) is 1.36. The number of anilines is 1. The van der Waals surface area contributed by atoms with Crippen LogP contribution in [0.3, 0.4) is 0 Å². The van der Waals surface area contributed by atoms with Gasteiger partial charge in [-0.05, 0) is 61.6 Å². The van der Waals surface area contributed by atoms with E-state index in [2.05, 4.69) is 19.2 Å². The van der Waals surface area contributed by atoms with Crippen molar-refractivity contribution in [3.05, 3.63) is 59.7 Å². The number of hydrogen-bond acceptors (Lipinski definition) is 4. The van der Waals surface area contributed by atoms with Gasteiger partial charge in [-0.3, -0.25) is 9.59 Å². The van der Waals surface area contributed by atoms with Gasteiger partial charge in [0.2, 0.25) is 10.0 Å². The number of piperidine rings is 1. The first kappa shape index (κ1) is 21.2. The average Bonchev–Trinajstić information content (AvgIpc) is 2.67. The van der Waals surface area contributed by atoms with E-state index < -0.39 is 10.0 Å². The van der Waals surface area contributed by atoms with Gasteiger partial charge in [-0.15, -0.1) is 0 Å². The van der Waals surface area contributed by atoms with E-state index in [1.807, 2.05) is 0 Å². The number of amides is 1. The van der Waals surface area contributed by atoms with E-state index in [1.54, 1.807) is 24.3 Å². The van der Waals surface area contributed by atoms with Crippen LogP contribution in [0.5, 0.6) is 0 Å². The predicted molar refractivity (Wildman–Crippen MR) is 113 cm³/mol. The van der Waals surface area contributed by atoms with Crippen LogP contribution in [0.25, 0.3) is 0 Å². The highest BCUT2D eigenvalue weighted by Gasteiger charge is 2.31. The van der Waals surface area contributed by atoms with E-state index in [1.165, 1.54) is 35.5 Å². The summed E-state index contributed by atoms with van der Waals surface area (Å²) in [6.45, 7) is 6.62. The molecule has 154 valence electrons. The zero-order chi connectivity index (χ0) is 21.2. The van der Waals surface area contributed by atoms with Gasteiger partial charge in [0.15, 0.2) is 5.78 Å². The van der Waals surface area contributed by atoms with Crippen molar-refractivity contribution in [1.82, 2.24) is 4.31 Å². The van der Waals surface area contributed by atoms with Gasteiger partial charge in [-0.2, -0.15) is 4.31 Å². The molecule has 0 radical (unpaired) electrons. The van der Waals surface area contributed by atoms with E-state index >= 15 is 0 Å². The Kier molecular flexibility index (Phi) is 6.19. The Bertz CT molecular complexity index is 1010. The summed E-state index contributed by atoms with van der Waals surface area (Å²) >= 11 is 0. The van der Waals surface area contributed by atoms with Gasteiger partial charge in [-0.25, -0.2) is 8.42 Å². The Morgan fingerprint density at radius 1 is 0.966 bits per heavy atom. The first-order chi connectivity index (χ1) is 13.7. The van der Waals surface area contributed by atoms with Crippen molar-refractivity contribution in [3.63, 3.8) is 0 Å². The van der Waals surface area contributed by atoms with Crippen molar-refractivity contribution < 1.29 is 18.0 Å². The minimum absolute atomic E-state index is 0.0861. The van der Waals surface area contributed by atoms with Crippen LogP contribution < -0.4 is 5.32 Å². The molecule has 0 saturated carbocycles. The first-order valence-electron chi connectivity index (χ1n) is 9.69. The topological polar surface area (TPSA) is 83.5 Å². The second kappa shape index (κ2) is 8.47. The normalized spacial score (nSPS) is 20.2. The highest BCUT2D eigenvalue weighted by molar-refractivity contribution is 7.89. The molecule has 7 heteroatoms. The number of nitrogens with zero attached hydrogens (tertiary/aromatic N) is 1. The van der Waals surface area contributed by atoms with Crippen molar-refractivity contribution >= 4 is 27.4 Å². The van der Waals surface area contributed by atoms with E-state index in [-0.39, 0.29) is 16.6 Å². The molecule has 0 aromatic heterocycles. The van der Waals surface area contributed by atoms with Gasteiger partial charge in [0, 0.05) is 29.9 Å². The molecule has 0 unspecified atom stereocenters. The van der Waals surface area contributed by atoms with Crippen molar-refractivity contribution in [3.8, 4) is 0 Å². The van der Waals surface area contributed by atoms with Gasteiger partial charge < -0.3 is 5.32 Å². The third-order valence-corrected chi connectivity index (χ3v) is 6.96. The molecule has 0 spiro atoms. The smallest absolute Gasteiger partial charge is 0.255 e. The molecule has 0 aliphatic carbocycles. The molecule has 3 rings (SSSR count). The molecule has 2 aromatic rings. The highest BCUT2D eigenvalue weighted by atomic mass is 32.2. The molecule has 29 heavy (non-hydrogen) atoms. The number of carbonyl (C=O) groups excluding carboxylic acids is 2. The summed E-state index contributed by atoms with van der Waals surface area (Å²) < 4.78 is 27.4. The van der Waals surface area contributed by atoms with Crippen LogP contribution in [-0.4, -0.2) is 37.5 Å². The van der Waals surface area contributed by atoms with Crippen molar-refractivity contribution in [1.29, 1.82) is 0 Å². The van der Waals surface area contributed by atoms with E-state index in [9.17, 15) is 18.0 Å². The average molecular weight is 415 g/mol. The summed E-state index contributed by atoms with van der Waals surface area (Å²) in [6, 6.07) is 12.6.